The summed E-state index contributed by atoms with van der Waals surface area (Å²) < 4.78 is 5.39. The van der Waals surface area contributed by atoms with Gasteiger partial charge in [-0.2, -0.15) is 4.98 Å². The summed E-state index contributed by atoms with van der Waals surface area (Å²) in [5, 5.41) is 4.61. The number of piperazine rings is 1. The van der Waals surface area contributed by atoms with E-state index in [1.54, 1.807) is 18.5 Å². The van der Waals surface area contributed by atoms with Crippen LogP contribution in [0.3, 0.4) is 0 Å². The van der Waals surface area contributed by atoms with Crippen LogP contribution < -0.4 is 10.2 Å². The fourth-order valence-corrected chi connectivity index (χ4v) is 3.02. The van der Waals surface area contributed by atoms with Gasteiger partial charge in [-0.25, -0.2) is 9.97 Å². The van der Waals surface area contributed by atoms with Crippen molar-refractivity contribution in [2.45, 2.75) is 6.54 Å². The van der Waals surface area contributed by atoms with Crippen LogP contribution in [0.25, 0.3) is 10.9 Å². The van der Waals surface area contributed by atoms with E-state index >= 15 is 0 Å². The number of aromatic nitrogens is 3. The fraction of sp³-hybridized carbons (Fsp3) is 0.353. The quantitative estimate of drug-likeness (QED) is 0.719. The molecule has 0 aromatic carbocycles. The molecule has 8 heteroatoms. The second kappa shape index (κ2) is 6.85. The van der Waals surface area contributed by atoms with Crippen molar-refractivity contribution in [3.05, 3.63) is 41.6 Å². The molecule has 0 atom stereocenters. The van der Waals surface area contributed by atoms with Gasteiger partial charge in [-0.1, -0.05) is 11.6 Å². The molecule has 1 N–H and O–H groups in total. The van der Waals surface area contributed by atoms with E-state index in [4.69, 9.17) is 21.0 Å². The zero-order valence-corrected chi connectivity index (χ0v) is 14.7. The van der Waals surface area contributed by atoms with Crippen molar-refractivity contribution in [1.82, 2.24) is 19.9 Å². The molecule has 0 bridgehead atoms. The third kappa shape index (κ3) is 3.52. The predicted octanol–water partition coefficient (Wildman–Crippen LogP) is 2.64. The Morgan fingerprint density at radius 3 is 2.84 bits per heavy atom. The summed E-state index contributed by atoms with van der Waals surface area (Å²) in [5.74, 6) is 2.29. The third-order valence-electron chi connectivity index (χ3n) is 4.33. The second-order valence-corrected chi connectivity index (χ2v) is 6.51. The first-order valence-corrected chi connectivity index (χ1v) is 8.60. The zero-order valence-electron chi connectivity index (χ0n) is 13.9. The number of pyridine rings is 1. The van der Waals surface area contributed by atoms with Crippen LogP contribution in [-0.2, 0) is 6.54 Å². The molecule has 1 aliphatic heterocycles. The van der Waals surface area contributed by atoms with Crippen LogP contribution in [0, 0.1) is 0 Å². The van der Waals surface area contributed by atoms with Crippen LogP contribution in [0.4, 0.5) is 11.8 Å². The van der Waals surface area contributed by atoms with Gasteiger partial charge >= 0.3 is 0 Å². The Morgan fingerprint density at radius 2 is 2.08 bits per heavy atom. The lowest BCUT2D eigenvalue weighted by Crippen LogP contribution is -2.45. The van der Waals surface area contributed by atoms with Crippen molar-refractivity contribution in [3.8, 4) is 0 Å². The van der Waals surface area contributed by atoms with Gasteiger partial charge in [0, 0.05) is 31.6 Å². The molecule has 0 amide bonds. The molecule has 0 aliphatic carbocycles. The Morgan fingerprint density at radius 1 is 1.24 bits per heavy atom. The van der Waals surface area contributed by atoms with E-state index in [2.05, 4.69) is 32.1 Å². The third-order valence-corrected chi connectivity index (χ3v) is 4.54. The zero-order chi connectivity index (χ0) is 17.2. The van der Waals surface area contributed by atoms with Gasteiger partial charge in [0.25, 0.3) is 0 Å². The molecule has 4 rings (SSSR count). The van der Waals surface area contributed by atoms with Crippen LogP contribution in [0.2, 0.25) is 5.15 Å². The molecule has 0 radical (unpaired) electrons. The first kappa shape index (κ1) is 16.1. The summed E-state index contributed by atoms with van der Waals surface area (Å²) in [4.78, 5) is 18.1. The van der Waals surface area contributed by atoms with Gasteiger partial charge in [0.15, 0.2) is 0 Å². The minimum absolute atomic E-state index is 0.421. The number of nitrogens with one attached hydrogen (secondary N) is 1. The number of fused-ring (bicyclic) bond motifs is 1. The van der Waals surface area contributed by atoms with Crippen LogP contribution in [0.15, 0.2) is 35.1 Å². The van der Waals surface area contributed by atoms with Crippen molar-refractivity contribution in [2.24, 2.45) is 0 Å². The van der Waals surface area contributed by atoms with Crippen molar-refractivity contribution in [3.63, 3.8) is 0 Å². The lowest BCUT2D eigenvalue weighted by atomic mass is 10.2. The molecule has 130 valence electrons. The summed E-state index contributed by atoms with van der Waals surface area (Å²) in [6.07, 6.45) is 3.35. The van der Waals surface area contributed by atoms with Gasteiger partial charge in [-0.05, 0) is 25.2 Å². The highest BCUT2D eigenvalue weighted by Crippen LogP contribution is 2.26. The molecule has 1 fully saturated rings. The van der Waals surface area contributed by atoms with E-state index in [0.29, 0.717) is 17.6 Å². The first-order valence-electron chi connectivity index (χ1n) is 8.22. The van der Waals surface area contributed by atoms with Gasteiger partial charge in [0.1, 0.15) is 16.7 Å². The number of hydrogen-bond donors (Lipinski definition) is 1. The maximum absolute atomic E-state index is 6.07. The van der Waals surface area contributed by atoms with E-state index in [9.17, 15) is 0 Å². The largest absolute Gasteiger partial charge is 0.467 e. The molecule has 0 saturated carbocycles. The number of likely N-dealkylation sites (N-methyl/N-ethyl adjacent to an activating group) is 1. The Bertz CT molecular complexity index is 861. The maximum atomic E-state index is 6.07. The van der Waals surface area contributed by atoms with E-state index in [1.165, 1.54) is 0 Å². The van der Waals surface area contributed by atoms with Crippen LogP contribution in [-0.4, -0.2) is 53.1 Å². The SMILES string of the molecule is CN1CCN(c2nc(NCc3ccco3)c3cc(Cl)ncc3n2)CC1. The van der Waals surface area contributed by atoms with Gasteiger partial charge in [-0.15, -0.1) is 0 Å². The summed E-state index contributed by atoms with van der Waals surface area (Å²) in [5.41, 5.74) is 0.773. The minimum atomic E-state index is 0.421. The summed E-state index contributed by atoms with van der Waals surface area (Å²) >= 11 is 6.07. The molecule has 1 aliphatic rings. The van der Waals surface area contributed by atoms with Crippen molar-refractivity contribution >= 4 is 34.3 Å². The summed E-state index contributed by atoms with van der Waals surface area (Å²) in [6.45, 7) is 4.34. The normalized spacial score (nSPS) is 15.7. The highest BCUT2D eigenvalue weighted by atomic mass is 35.5. The molecule has 25 heavy (non-hydrogen) atoms. The predicted molar refractivity (Wildman–Crippen MR) is 98.1 cm³/mol. The standard InChI is InChI=1S/C17H19ClN6O/c1-23-4-6-24(7-5-23)17-21-14-11-19-15(18)9-13(14)16(22-17)20-10-12-3-2-8-25-12/h2-3,8-9,11H,4-7,10H2,1H3,(H,20,21,22). The monoisotopic (exact) mass is 358 g/mol. The van der Waals surface area contributed by atoms with E-state index in [-0.39, 0.29) is 0 Å². The molecule has 0 spiro atoms. The maximum Gasteiger partial charge on any atom is 0.228 e. The molecule has 4 heterocycles. The Kier molecular flexibility index (Phi) is 4.42. The second-order valence-electron chi connectivity index (χ2n) is 6.12. The van der Waals surface area contributed by atoms with E-state index in [1.807, 2.05) is 12.1 Å². The lowest BCUT2D eigenvalue weighted by molar-refractivity contribution is 0.311. The topological polar surface area (TPSA) is 70.3 Å². The van der Waals surface area contributed by atoms with Crippen molar-refractivity contribution in [1.29, 1.82) is 0 Å². The molecule has 3 aromatic heterocycles. The van der Waals surface area contributed by atoms with Crippen molar-refractivity contribution in [2.75, 3.05) is 43.4 Å². The average molecular weight is 359 g/mol. The van der Waals surface area contributed by atoms with Gasteiger partial charge in [-0.3, -0.25) is 0 Å². The van der Waals surface area contributed by atoms with Crippen LogP contribution in [0.1, 0.15) is 5.76 Å². The number of anilines is 2. The van der Waals surface area contributed by atoms with Gasteiger partial charge in [0.05, 0.1) is 24.5 Å². The number of hydrogen-bond acceptors (Lipinski definition) is 7. The molecule has 7 nitrogen and oxygen atoms in total. The van der Waals surface area contributed by atoms with E-state index < -0.39 is 0 Å². The molecule has 1 saturated heterocycles. The highest BCUT2D eigenvalue weighted by molar-refractivity contribution is 6.30. The average Bonchev–Trinajstić information content (AvgIpc) is 3.14. The highest BCUT2D eigenvalue weighted by Gasteiger charge is 2.19. The summed E-state index contributed by atoms with van der Waals surface area (Å²) in [7, 11) is 2.13. The number of furan rings is 1. The fourth-order valence-electron chi connectivity index (χ4n) is 2.86. The van der Waals surface area contributed by atoms with Crippen LogP contribution in [0.5, 0.6) is 0 Å². The van der Waals surface area contributed by atoms with E-state index in [0.717, 1.165) is 48.7 Å². The molecular formula is C17H19ClN6O. The lowest BCUT2D eigenvalue weighted by Gasteiger charge is -2.32. The Labute approximate surface area is 150 Å². The number of nitrogens with zero attached hydrogens (tertiary/aromatic N) is 5. The molecule has 3 aromatic rings. The van der Waals surface area contributed by atoms with Gasteiger partial charge in [0.2, 0.25) is 5.95 Å². The molecule has 0 unspecified atom stereocenters. The Hall–Kier alpha value is -2.38. The number of halogens is 1. The summed E-state index contributed by atoms with van der Waals surface area (Å²) in [6, 6.07) is 5.58. The van der Waals surface area contributed by atoms with Gasteiger partial charge < -0.3 is 19.5 Å². The van der Waals surface area contributed by atoms with Crippen LogP contribution >= 0.6 is 11.6 Å². The minimum Gasteiger partial charge on any atom is -0.467 e. The smallest absolute Gasteiger partial charge is 0.228 e. The Balaban J connectivity index is 1.68. The van der Waals surface area contributed by atoms with Crippen molar-refractivity contribution < 1.29 is 4.42 Å². The number of rotatable bonds is 4. The molecular weight excluding hydrogens is 340 g/mol. The first-order chi connectivity index (χ1) is 12.2.